The monoisotopic (exact) mass is 287 g/mol. The van der Waals surface area contributed by atoms with E-state index in [0.717, 1.165) is 0 Å². The number of ether oxygens (including phenoxy) is 1. The van der Waals surface area contributed by atoms with Gasteiger partial charge in [0.2, 0.25) is 11.8 Å². The van der Waals surface area contributed by atoms with Crippen molar-refractivity contribution >= 4 is 29.9 Å². The summed E-state index contributed by atoms with van der Waals surface area (Å²) >= 11 is 0. The van der Waals surface area contributed by atoms with E-state index < -0.39 is 5.91 Å². The maximum absolute atomic E-state index is 11.5. The van der Waals surface area contributed by atoms with Crippen molar-refractivity contribution in [3.63, 3.8) is 0 Å². The Morgan fingerprint density at radius 3 is 2.42 bits per heavy atom. The van der Waals surface area contributed by atoms with Gasteiger partial charge in [-0.2, -0.15) is 0 Å². The minimum Gasteiger partial charge on any atom is -0.383 e. The molecule has 0 aliphatic rings. The van der Waals surface area contributed by atoms with Gasteiger partial charge in [0.05, 0.1) is 13.2 Å². The quantitative estimate of drug-likeness (QED) is 0.632. The fourth-order valence-electron chi connectivity index (χ4n) is 1.30. The highest BCUT2D eigenvalue weighted by molar-refractivity contribution is 5.95. The van der Waals surface area contributed by atoms with Crippen LogP contribution in [0.2, 0.25) is 0 Å². The molecule has 7 heteroatoms. The third-order valence-electron chi connectivity index (χ3n) is 2.22. The third-order valence-corrected chi connectivity index (χ3v) is 2.22. The standard InChI is InChI=1S/C12H17N3O3.ClH/c1-18-7-6-14-8-11(16)15-10-4-2-9(3-5-10)12(13)17;/h2-5,14H,6-8H2,1H3,(H2,13,17)(H,15,16);1H. The molecular formula is C12H18ClN3O3. The van der Waals surface area contributed by atoms with Crippen LogP contribution in [0.5, 0.6) is 0 Å². The van der Waals surface area contributed by atoms with Crippen LogP contribution in [0.15, 0.2) is 24.3 Å². The van der Waals surface area contributed by atoms with Gasteiger partial charge in [0, 0.05) is 24.9 Å². The first-order valence-electron chi connectivity index (χ1n) is 5.53. The largest absolute Gasteiger partial charge is 0.383 e. The van der Waals surface area contributed by atoms with Crippen molar-refractivity contribution in [2.24, 2.45) is 5.73 Å². The van der Waals surface area contributed by atoms with E-state index in [9.17, 15) is 9.59 Å². The zero-order valence-electron chi connectivity index (χ0n) is 10.6. The normalized spacial score (nSPS) is 9.53. The molecule has 0 unspecified atom stereocenters. The summed E-state index contributed by atoms with van der Waals surface area (Å²) in [4.78, 5) is 22.3. The second-order valence-corrected chi connectivity index (χ2v) is 3.66. The predicted octanol–water partition coefficient (Wildman–Crippen LogP) is 0.382. The summed E-state index contributed by atoms with van der Waals surface area (Å²) in [7, 11) is 1.60. The first kappa shape index (κ1) is 17.4. The number of nitrogens with one attached hydrogen (secondary N) is 2. The van der Waals surface area contributed by atoms with E-state index in [0.29, 0.717) is 24.4 Å². The minimum atomic E-state index is -0.492. The Balaban J connectivity index is 0.00000324. The SMILES string of the molecule is COCCNCC(=O)Nc1ccc(C(N)=O)cc1.Cl. The average molecular weight is 288 g/mol. The lowest BCUT2D eigenvalue weighted by atomic mass is 10.2. The van der Waals surface area contributed by atoms with Crippen molar-refractivity contribution in [3.8, 4) is 0 Å². The van der Waals surface area contributed by atoms with Gasteiger partial charge in [-0.3, -0.25) is 9.59 Å². The Morgan fingerprint density at radius 2 is 1.89 bits per heavy atom. The van der Waals surface area contributed by atoms with Gasteiger partial charge in [-0.1, -0.05) is 0 Å². The lowest BCUT2D eigenvalue weighted by Crippen LogP contribution is -2.30. The van der Waals surface area contributed by atoms with Crippen molar-refractivity contribution in [3.05, 3.63) is 29.8 Å². The molecule has 0 aromatic heterocycles. The molecule has 106 valence electrons. The fraction of sp³-hybridized carbons (Fsp3) is 0.333. The van der Waals surface area contributed by atoms with E-state index in [1.165, 1.54) is 0 Å². The van der Waals surface area contributed by atoms with Crippen LogP contribution < -0.4 is 16.4 Å². The maximum atomic E-state index is 11.5. The van der Waals surface area contributed by atoms with Crippen LogP contribution in [0.25, 0.3) is 0 Å². The van der Waals surface area contributed by atoms with Crippen molar-refractivity contribution in [2.45, 2.75) is 0 Å². The zero-order chi connectivity index (χ0) is 13.4. The summed E-state index contributed by atoms with van der Waals surface area (Å²) in [5, 5.41) is 5.62. The van der Waals surface area contributed by atoms with Crippen LogP contribution in [0.4, 0.5) is 5.69 Å². The van der Waals surface area contributed by atoms with E-state index in [2.05, 4.69) is 10.6 Å². The Hall–Kier alpha value is -1.63. The Morgan fingerprint density at radius 1 is 1.26 bits per heavy atom. The van der Waals surface area contributed by atoms with Crippen molar-refractivity contribution in [1.82, 2.24) is 5.32 Å². The number of hydrogen-bond donors (Lipinski definition) is 3. The van der Waals surface area contributed by atoms with Crippen LogP contribution in [-0.4, -0.2) is 38.6 Å². The number of anilines is 1. The van der Waals surface area contributed by atoms with Gasteiger partial charge in [-0.25, -0.2) is 0 Å². The number of rotatable bonds is 7. The summed E-state index contributed by atoms with van der Waals surface area (Å²) in [6, 6.07) is 6.40. The lowest BCUT2D eigenvalue weighted by molar-refractivity contribution is -0.115. The average Bonchev–Trinajstić information content (AvgIpc) is 2.35. The van der Waals surface area contributed by atoms with Gasteiger partial charge in [0.15, 0.2) is 0 Å². The van der Waals surface area contributed by atoms with Crippen LogP contribution in [0.3, 0.4) is 0 Å². The molecule has 0 aliphatic heterocycles. The zero-order valence-corrected chi connectivity index (χ0v) is 11.5. The molecule has 0 fully saturated rings. The number of amides is 2. The molecule has 2 amide bonds. The number of carbonyl (C=O) groups is 2. The van der Waals surface area contributed by atoms with E-state index in [1.807, 2.05) is 0 Å². The molecule has 0 radical (unpaired) electrons. The third kappa shape index (κ3) is 6.76. The molecule has 0 spiro atoms. The van der Waals surface area contributed by atoms with Crippen molar-refractivity contribution in [1.29, 1.82) is 0 Å². The highest BCUT2D eigenvalue weighted by atomic mass is 35.5. The van der Waals surface area contributed by atoms with Crippen molar-refractivity contribution < 1.29 is 14.3 Å². The summed E-state index contributed by atoms with van der Waals surface area (Å²) in [5.41, 5.74) is 6.14. The minimum absolute atomic E-state index is 0. The fourth-order valence-corrected chi connectivity index (χ4v) is 1.30. The van der Waals surface area contributed by atoms with Crippen LogP contribution in [-0.2, 0) is 9.53 Å². The van der Waals surface area contributed by atoms with Gasteiger partial charge in [-0.15, -0.1) is 12.4 Å². The van der Waals surface area contributed by atoms with Gasteiger partial charge in [0.1, 0.15) is 0 Å². The van der Waals surface area contributed by atoms with Crippen LogP contribution in [0.1, 0.15) is 10.4 Å². The molecule has 0 atom stereocenters. The number of primary amides is 1. The Labute approximate surface area is 118 Å². The highest BCUT2D eigenvalue weighted by Crippen LogP contribution is 2.08. The second-order valence-electron chi connectivity index (χ2n) is 3.66. The topological polar surface area (TPSA) is 93.4 Å². The molecule has 0 bridgehead atoms. The molecule has 1 aromatic rings. The molecule has 0 saturated carbocycles. The van der Waals surface area contributed by atoms with Gasteiger partial charge < -0.3 is 21.1 Å². The van der Waals surface area contributed by atoms with E-state index in [-0.39, 0.29) is 24.9 Å². The summed E-state index contributed by atoms with van der Waals surface area (Å²) in [6.45, 7) is 1.38. The molecule has 0 saturated heterocycles. The Kier molecular flexibility index (Phi) is 8.52. The molecule has 0 heterocycles. The number of halogens is 1. The first-order chi connectivity index (χ1) is 8.63. The second kappa shape index (κ2) is 9.32. The van der Waals surface area contributed by atoms with Gasteiger partial charge in [0.25, 0.3) is 0 Å². The number of benzene rings is 1. The number of carbonyl (C=O) groups excluding carboxylic acids is 2. The van der Waals surface area contributed by atoms with Gasteiger partial charge in [-0.05, 0) is 24.3 Å². The lowest BCUT2D eigenvalue weighted by Gasteiger charge is -2.06. The van der Waals surface area contributed by atoms with Crippen LogP contribution in [0, 0.1) is 0 Å². The highest BCUT2D eigenvalue weighted by Gasteiger charge is 2.03. The maximum Gasteiger partial charge on any atom is 0.248 e. The number of hydrogen-bond acceptors (Lipinski definition) is 4. The smallest absolute Gasteiger partial charge is 0.248 e. The molecule has 0 aliphatic carbocycles. The van der Waals surface area contributed by atoms with Crippen LogP contribution >= 0.6 is 12.4 Å². The molecule has 1 rings (SSSR count). The van der Waals surface area contributed by atoms with Crippen molar-refractivity contribution in [2.75, 3.05) is 32.1 Å². The Bertz CT molecular complexity index is 409. The first-order valence-corrected chi connectivity index (χ1v) is 5.53. The molecule has 19 heavy (non-hydrogen) atoms. The molecular weight excluding hydrogens is 270 g/mol. The predicted molar refractivity (Wildman–Crippen MR) is 75.6 cm³/mol. The van der Waals surface area contributed by atoms with Gasteiger partial charge >= 0.3 is 0 Å². The molecule has 1 aromatic carbocycles. The summed E-state index contributed by atoms with van der Waals surface area (Å²) in [5.74, 6) is -0.646. The van der Waals surface area contributed by atoms with E-state index in [1.54, 1.807) is 31.4 Å². The van der Waals surface area contributed by atoms with E-state index in [4.69, 9.17) is 10.5 Å². The number of nitrogens with two attached hydrogens (primary N) is 1. The molecule has 6 nitrogen and oxygen atoms in total. The summed E-state index contributed by atoms with van der Waals surface area (Å²) in [6.07, 6.45) is 0. The van der Waals surface area contributed by atoms with E-state index >= 15 is 0 Å². The summed E-state index contributed by atoms with van der Waals surface area (Å²) < 4.78 is 4.84. The molecule has 4 N–H and O–H groups in total. The number of methoxy groups -OCH3 is 1.